The predicted octanol–water partition coefficient (Wildman–Crippen LogP) is 5.88. The van der Waals surface area contributed by atoms with Gasteiger partial charge in [-0.25, -0.2) is 8.78 Å². The average Bonchev–Trinajstić information content (AvgIpc) is 2.81. The lowest BCUT2D eigenvalue weighted by Gasteiger charge is -2.18. The van der Waals surface area contributed by atoms with Crippen LogP contribution in [-0.4, -0.2) is 24.8 Å². The van der Waals surface area contributed by atoms with Crippen molar-refractivity contribution in [2.75, 3.05) is 19.5 Å². The number of anilines is 1. The van der Waals surface area contributed by atoms with E-state index in [2.05, 4.69) is 4.98 Å². The molecule has 3 aromatic carbocycles. The molecule has 0 radical (unpaired) electrons. The molecule has 0 fully saturated rings. The Hall–Kier alpha value is -3.91. The first-order chi connectivity index (χ1) is 16.4. The monoisotopic (exact) mass is 466 g/mol. The molecule has 0 aliphatic rings. The van der Waals surface area contributed by atoms with Gasteiger partial charge in [0, 0.05) is 35.5 Å². The molecule has 1 aromatic heterocycles. The molecular weight excluding hydrogens is 442 g/mol. The number of benzene rings is 3. The maximum absolute atomic E-state index is 14.3. The Morgan fingerprint density at radius 3 is 2.38 bits per heavy atom. The van der Waals surface area contributed by atoms with Gasteiger partial charge in [0.05, 0.1) is 25.8 Å². The Labute approximate surface area is 195 Å². The van der Waals surface area contributed by atoms with Crippen molar-refractivity contribution in [2.24, 2.45) is 0 Å². The minimum absolute atomic E-state index is 0.0363. The highest BCUT2D eigenvalue weighted by Gasteiger charge is 2.18. The van der Waals surface area contributed by atoms with E-state index in [1.807, 2.05) is 37.3 Å². The fourth-order valence-corrected chi connectivity index (χ4v) is 3.42. The van der Waals surface area contributed by atoms with Gasteiger partial charge in [0.25, 0.3) is 0 Å². The maximum atomic E-state index is 14.3. The van der Waals surface area contributed by atoms with E-state index in [1.54, 1.807) is 12.1 Å². The fourth-order valence-electron chi connectivity index (χ4n) is 3.42. The largest absolute Gasteiger partial charge is 0.493 e. The summed E-state index contributed by atoms with van der Waals surface area (Å²) < 4.78 is 51.4. The molecule has 0 saturated heterocycles. The first-order valence-corrected chi connectivity index (χ1v) is 10.6. The first-order valence-electron chi connectivity index (χ1n) is 10.6. The third-order valence-corrected chi connectivity index (χ3v) is 5.01. The molecule has 0 saturated carbocycles. The molecule has 1 heterocycles. The Morgan fingerprint density at radius 1 is 0.941 bits per heavy atom. The molecule has 4 rings (SSSR count). The number of nitrogen functional groups attached to an aromatic ring is 1. The van der Waals surface area contributed by atoms with Gasteiger partial charge in [-0.1, -0.05) is 30.3 Å². The lowest BCUT2D eigenvalue weighted by Crippen LogP contribution is -2.19. The van der Waals surface area contributed by atoms with Crippen molar-refractivity contribution in [3.8, 4) is 23.0 Å². The number of fused-ring (bicyclic) bond motifs is 1. The van der Waals surface area contributed by atoms with Gasteiger partial charge >= 0.3 is 0 Å². The number of aromatic nitrogens is 1. The van der Waals surface area contributed by atoms with Crippen LogP contribution in [0.1, 0.15) is 12.5 Å². The number of nitrogens with two attached hydrogens (primary N) is 1. The number of nitrogens with zero attached hydrogens (tertiary/aromatic N) is 1. The van der Waals surface area contributed by atoms with Crippen molar-refractivity contribution < 1.29 is 27.7 Å². The van der Waals surface area contributed by atoms with Crippen LogP contribution in [0.15, 0.2) is 66.9 Å². The summed E-state index contributed by atoms with van der Waals surface area (Å²) in [5.74, 6) is -1.29. The van der Waals surface area contributed by atoms with Gasteiger partial charge in [0.2, 0.25) is 0 Å². The van der Waals surface area contributed by atoms with E-state index in [0.29, 0.717) is 35.6 Å². The number of hydrogen-bond acceptors (Lipinski definition) is 6. The quantitative estimate of drug-likeness (QED) is 0.311. The topological polar surface area (TPSA) is 75.8 Å². The molecule has 0 unspecified atom stereocenters. The summed E-state index contributed by atoms with van der Waals surface area (Å²) in [6.45, 7) is 2.67. The molecule has 1 atom stereocenters. The van der Waals surface area contributed by atoms with Crippen molar-refractivity contribution in [3.63, 3.8) is 0 Å². The molecule has 6 nitrogen and oxygen atoms in total. The van der Waals surface area contributed by atoms with Gasteiger partial charge in [0.1, 0.15) is 11.9 Å². The number of ether oxygens (including phenoxy) is 4. The Morgan fingerprint density at radius 2 is 1.68 bits per heavy atom. The highest BCUT2D eigenvalue weighted by Crippen LogP contribution is 2.38. The van der Waals surface area contributed by atoms with Crippen LogP contribution in [0.2, 0.25) is 0 Å². The van der Waals surface area contributed by atoms with Gasteiger partial charge in [-0.3, -0.25) is 4.98 Å². The second-order valence-electron chi connectivity index (χ2n) is 7.67. The summed E-state index contributed by atoms with van der Waals surface area (Å²) in [6, 6.07) is 16.7. The molecule has 2 N–H and O–H groups in total. The van der Waals surface area contributed by atoms with E-state index < -0.39 is 17.4 Å². The highest BCUT2D eigenvalue weighted by molar-refractivity contribution is 5.88. The second kappa shape index (κ2) is 10.4. The highest BCUT2D eigenvalue weighted by atomic mass is 19.1. The molecule has 4 aromatic rings. The van der Waals surface area contributed by atoms with Crippen LogP contribution >= 0.6 is 0 Å². The van der Waals surface area contributed by atoms with Gasteiger partial charge in [0.15, 0.2) is 28.9 Å². The zero-order valence-electron chi connectivity index (χ0n) is 18.8. The van der Waals surface area contributed by atoms with E-state index in [9.17, 15) is 8.78 Å². The molecular formula is C26H24F2N2O4. The van der Waals surface area contributed by atoms with Crippen LogP contribution in [0, 0.1) is 11.6 Å². The molecule has 34 heavy (non-hydrogen) atoms. The minimum Gasteiger partial charge on any atom is -0.493 e. The SMILES string of the molecule is COc1cc2nccc(Oc3c(F)cc(N)cc3F)c2cc1O[C@@H](C)COCc1ccccc1. The van der Waals surface area contributed by atoms with Crippen LogP contribution < -0.4 is 19.9 Å². The van der Waals surface area contributed by atoms with Crippen LogP contribution in [0.25, 0.3) is 10.9 Å². The molecule has 176 valence electrons. The molecule has 0 aliphatic carbocycles. The Balaban J connectivity index is 1.56. The van der Waals surface area contributed by atoms with Crippen LogP contribution in [-0.2, 0) is 11.3 Å². The Kier molecular flexibility index (Phi) is 7.08. The Bertz CT molecular complexity index is 1260. The summed E-state index contributed by atoms with van der Waals surface area (Å²) in [5, 5.41) is 0.492. The number of hydrogen-bond donors (Lipinski definition) is 1. The molecule has 0 spiro atoms. The normalized spacial score (nSPS) is 11.9. The van der Waals surface area contributed by atoms with E-state index in [4.69, 9.17) is 24.7 Å². The van der Waals surface area contributed by atoms with Crippen molar-refractivity contribution in [1.29, 1.82) is 0 Å². The fraction of sp³-hybridized carbons (Fsp3) is 0.192. The number of rotatable bonds is 9. The van der Waals surface area contributed by atoms with E-state index >= 15 is 0 Å². The van der Waals surface area contributed by atoms with Crippen molar-refractivity contribution in [3.05, 3.63) is 84.1 Å². The second-order valence-corrected chi connectivity index (χ2v) is 7.67. The number of halogens is 2. The molecule has 0 amide bonds. The van der Waals surface area contributed by atoms with Crippen LogP contribution in [0.5, 0.6) is 23.0 Å². The van der Waals surface area contributed by atoms with Gasteiger partial charge in [-0.15, -0.1) is 0 Å². The van der Waals surface area contributed by atoms with Crippen molar-refractivity contribution in [1.82, 2.24) is 4.98 Å². The number of pyridine rings is 1. The molecule has 0 aliphatic heterocycles. The average molecular weight is 466 g/mol. The first kappa shape index (κ1) is 23.3. The summed E-state index contributed by atoms with van der Waals surface area (Å²) >= 11 is 0. The lowest BCUT2D eigenvalue weighted by molar-refractivity contribution is 0.0482. The van der Waals surface area contributed by atoms with Gasteiger partial charge in [-0.2, -0.15) is 0 Å². The molecule has 0 bridgehead atoms. The van der Waals surface area contributed by atoms with E-state index in [-0.39, 0.29) is 17.5 Å². The third-order valence-electron chi connectivity index (χ3n) is 5.01. The van der Waals surface area contributed by atoms with Crippen LogP contribution in [0.4, 0.5) is 14.5 Å². The van der Waals surface area contributed by atoms with Gasteiger partial charge < -0.3 is 24.7 Å². The summed E-state index contributed by atoms with van der Waals surface area (Å²) in [7, 11) is 1.52. The number of methoxy groups -OCH3 is 1. The smallest absolute Gasteiger partial charge is 0.198 e. The van der Waals surface area contributed by atoms with E-state index in [0.717, 1.165) is 17.7 Å². The van der Waals surface area contributed by atoms with E-state index in [1.165, 1.54) is 19.4 Å². The van der Waals surface area contributed by atoms with Gasteiger partial charge in [-0.05, 0) is 24.6 Å². The lowest BCUT2D eigenvalue weighted by atomic mass is 10.1. The summed E-state index contributed by atoms with van der Waals surface area (Å²) in [4.78, 5) is 4.31. The summed E-state index contributed by atoms with van der Waals surface area (Å²) in [6.07, 6.45) is 1.17. The standard InChI is InChI=1S/C26H24F2N2O4/c1-16(14-32-15-17-6-4-3-5-7-17)33-25-12-19-22(13-24(25)31-2)30-9-8-23(19)34-26-20(27)10-18(29)11-21(26)28/h3-13,16H,14-15,29H2,1-2H3/t16-/m0/s1. The van der Waals surface area contributed by atoms with Crippen molar-refractivity contribution >= 4 is 16.6 Å². The summed E-state index contributed by atoms with van der Waals surface area (Å²) in [5.41, 5.74) is 7.02. The van der Waals surface area contributed by atoms with Crippen molar-refractivity contribution in [2.45, 2.75) is 19.6 Å². The zero-order chi connectivity index (χ0) is 24.1. The van der Waals surface area contributed by atoms with Crippen LogP contribution in [0.3, 0.4) is 0 Å². The zero-order valence-corrected chi connectivity index (χ0v) is 18.8. The maximum Gasteiger partial charge on any atom is 0.198 e. The molecule has 8 heteroatoms. The third kappa shape index (κ3) is 5.35. The predicted molar refractivity (Wildman–Crippen MR) is 125 cm³/mol. The minimum atomic E-state index is -0.906.